The summed E-state index contributed by atoms with van der Waals surface area (Å²) in [5, 5.41) is 3.26. The molecule has 0 saturated carbocycles. The number of carbonyl (C=O) groups excluding carboxylic acids is 1. The molecule has 1 aliphatic heterocycles. The summed E-state index contributed by atoms with van der Waals surface area (Å²) in [5.41, 5.74) is 0.487. The lowest BCUT2D eigenvalue weighted by atomic mass is 10.00. The van der Waals surface area contributed by atoms with Gasteiger partial charge in [0.15, 0.2) is 0 Å². The number of likely N-dealkylation sites (tertiary alicyclic amines) is 1. The van der Waals surface area contributed by atoms with Crippen LogP contribution in [0.1, 0.15) is 10.4 Å². The second-order valence-corrected chi connectivity index (χ2v) is 5.33. The third-order valence-electron chi connectivity index (χ3n) is 3.09. The number of halogens is 4. The molecule has 1 aliphatic rings. The molecule has 1 amide bonds. The van der Waals surface area contributed by atoms with Gasteiger partial charge >= 0.3 is 6.18 Å². The highest BCUT2D eigenvalue weighted by Crippen LogP contribution is 2.22. The molecule has 7 heteroatoms. The van der Waals surface area contributed by atoms with E-state index in [1.54, 1.807) is 24.3 Å². The van der Waals surface area contributed by atoms with Crippen molar-refractivity contribution in [1.29, 1.82) is 0 Å². The molecule has 2 rings (SSSR count). The number of carbonyl (C=O) groups is 1. The first-order valence-electron chi connectivity index (χ1n) is 6.16. The number of nitrogens with zero attached hydrogens (tertiary/aromatic N) is 1. The summed E-state index contributed by atoms with van der Waals surface area (Å²) in [6.45, 7) is 0.227. The van der Waals surface area contributed by atoms with Crippen LogP contribution in [0.15, 0.2) is 24.3 Å². The van der Waals surface area contributed by atoms with Crippen molar-refractivity contribution >= 4 is 17.5 Å². The Bertz CT molecular complexity index is 469. The molecule has 0 radical (unpaired) electrons. The lowest BCUT2D eigenvalue weighted by Crippen LogP contribution is -2.54. The zero-order chi connectivity index (χ0) is 14.8. The van der Waals surface area contributed by atoms with E-state index in [0.717, 1.165) is 0 Å². The third-order valence-corrected chi connectivity index (χ3v) is 3.35. The number of amides is 1. The van der Waals surface area contributed by atoms with Gasteiger partial charge in [-0.1, -0.05) is 11.6 Å². The zero-order valence-electron chi connectivity index (χ0n) is 10.6. The highest BCUT2D eigenvalue weighted by molar-refractivity contribution is 6.30. The molecule has 1 heterocycles. The van der Waals surface area contributed by atoms with Gasteiger partial charge in [0.2, 0.25) is 0 Å². The molecule has 1 fully saturated rings. The van der Waals surface area contributed by atoms with Crippen molar-refractivity contribution < 1.29 is 18.0 Å². The number of rotatable bonds is 4. The quantitative estimate of drug-likeness (QED) is 0.927. The lowest BCUT2D eigenvalue weighted by molar-refractivity contribution is -0.158. The molecule has 0 bridgehead atoms. The van der Waals surface area contributed by atoms with Crippen LogP contribution in [0.4, 0.5) is 13.2 Å². The maximum atomic E-state index is 12.1. The summed E-state index contributed by atoms with van der Waals surface area (Å²) >= 11 is 5.72. The minimum Gasteiger partial charge on any atom is -0.352 e. The molecule has 1 N–H and O–H groups in total. The second kappa shape index (κ2) is 6.01. The molecule has 1 aromatic carbocycles. The van der Waals surface area contributed by atoms with Gasteiger partial charge in [0.25, 0.3) is 5.91 Å². The first kappa shape index (κ1) is 15.1. The topological polar surface area (TPSA) is 32.3 Å². The minimum atomic E-state index is -4.16. The molecule has 110 valence electrons. The van der Waals surface area contributed by atoms with Gasteiger partial charge in [-0.15, -0.1) is 0 Å². The zero-order valence-corrected chi connectivity index (χ0v) is 11.3. The molecule has 0 aliphatic carbocycles. The maximum Gasteiger partial charge on any atom is 0.401 e. The predicted octanol–water partition coefficient (Wildman–Crippen LogP) is 2.56. The van der Waals surface area contributed by atoms with Crippen LogP contribution in [0.2, 0.25) is 5.02 Å². The fourth-order valence-corrected chi connectivity index (χ4v) is 2.25. The van der Waals surface area contributed by atoms with Crippen LogP contribution in [0.3, 0.4) is 0 Å². The fraction of sp³-hybridized carbons (Fsp3) is 0.462. The van der Waals surface area contributed by atoms with Crippen molar-refractivity contribution in [2.75, 3.05) is 26.2 Å². The molecular formula is C13H14ClF3N2O. The summed E-state index contributed by atoms with van der Waals surface area (Å²) in [6, 6.07) is 6.44. The van der Waals surface area contributed by atoms with Gasteiger partial charge < -0.3 is 5.32 Å². The van der Waals surface area contributed by atoms with Gasteiger partial charge in [-0.25, -0.2) is 0 Å². The lowest BCUT2D eigenvalue weighted by Gasteiger charge is -2.39. The van der Waals surface area contributed by atoms with Gasteiger partial charge in [-0.2, -0.15) is 13.2 Å². The largest absolute Gasteiger partial charge is 0.401 e. The highest BCUT2D eigenvalue weighted by Gasteiger charge is 2.36. The van der Waals surface area contributed by atoms with Gasteiger partial charge in [0.1, 0.15) is 0 Å². The van der Waals surface area contributed by atoms with E-state index in [9.17, 15) is 18.0 Å². The van der Waals surface area contributed by atoms with Gasteiger partial charge in [0.05, 0.1) is 6.54 Å². The Morgan fingerprint density at radius 3 is 2.45 bits per heavy atom. The van der Waals surface area contributed by atoms with Crippen molar-refractivity contribution in [3.05, 3.63) is 34.9 Å². The Hall–Kier alpha value is -1.27. The predicted molar refractivity (Wildman–Crippen MR) is 69.8 cm³/mol. The van der Waals surface area contributed by atoms with E-state index in [2.05, 4.69) is 5.32 Å². The van der Waals surface area contributed by atoms with Crippen LogP contribution in [0.25, 0.3) is 0 Å². The maximum absolute atomic E-state index is 12.1. The van der Waals surface area contributed by atoms with Crippen molar-refractivity contribution in [1.82, 2.24) is 10.2 Å². The number of nitrogens with one attached hydrogen (secondary N) is 1. The van der Waals surface area contributed by atoms with E-state index in [-0.39, 0.29) is 11.8 Å². The van der Waals surface area contributed by atoms with Crippen molar-refractivity contribution in [2.45, 2.75) is 6.18 Å². The Balaban J connectivity index is 1.70. The highest BCUT2D eigenvalue weighted by atomic mass is 35.5. The second-order valence-electron chi connectivity index (χ2n) is 4.89. The summed E-state index contributed by atoms with van der Waals surface area (Å²) in [5.74, 6) is -0.162. The standard InChI is InChI=1S/C13H14ClF3N2O/c14-11-3-1-10(2-4-11)12(20)18-5-9-6-19(7-9)8-13(15,16)17/h1-4,9H,5-8H2,(H,18,20). The van der Waals surface area contributed by atoms with Gasteiger partial charge in [-0.3, -0.25) is 9.69 Å². The van der Waals surface area contributed by atoms with Crippen molar-refractivity contribution in [3.8, 4) is 0 Å². The van der Waals surface area contributed by atoms with Crippen LogP contribution in [0, 0.1) is 5.92 Å². The summed E-state index contributed by atoms with van der Waals surface area (Å²) in [4.78, 5) is 13.1. The number of benzene rings is 1. The molecule has 1 saturated heterocycles. The summed E-state index contributed by atoms with van der Waals surface area (Å²) in [6.07, 6.45) is -4.16. The number of hydrogen-bond donors (Lipinski definition) is 1. The van der Waals surface area contributed by atoms with Crippen molar-refractivity contribution in [3.63, 3.8) is 0 Å². The van der Waals surface area contributed by atoms with Crippen LogP contribution >= 0.6 is 11.6 Å². The molecule has 0 unspecified atom stereocenters. The first-order valence-corrected chi connectivity index (χ1v) is 6.54. The Kier molecular flexibility index (Phi) is 4.55. The number of alkyl halides is 3. The smallest absolute Gasteiger partial charge is 0.352 e. The van der Waals surface area contributed by atoms with E-state index in [1.807, 2.05) is 0 Å². The average Bonchev–Trinajstić information content (AvgIpc) is 2.31. The fourth-order valence-electron chi connectivity index (χ4n) is 2.13. The van der Waals surface area contributed by atoms with Crippen LogP contribution in [-0.4, -0.2) is 43.2 Å². The molecule has 1 aromatic rings. The van der Waals surface area contributed by atoms with Crippen LogP contribution in [-0.2, 0) is 0 Å². The van der Waals surface area contributed by atoms with E-state index in [1.165, 1.54) is 4.90 Å². The minimum absolute atomic E-state index is 0.0774. The molecule has 0 atom stereocenters. The van der Waals surface area contributed by atoms with Crippen LogP contribution in [0.5, 0.6) is 0 Å². The Morgan fingerprint density at radius 2 is 1.90 bits per heavy atom. The molecule has 20 heavy (non-hydrogen) atoms. The normalized spacial score (nSPS) is 16.8. The molecule has 3 nitrogen and oxygen atoms in total. The summed E-state index contributed by atoms with van der Waals surface area (Å²) < 4.78 is 36.3. The van der Waals surface area contributed by atoms with Gasteiger partial charge in [-0.05, 0) is 24.3 Å². The SMILES string of the molecule is O=C(NCC1CN(CC(F)(F)F)C1)c1ccc(Cl)cc1. The molecular weight excluding hydrogens is 293 g/mol. The Morgan fingerprint density at radius 1 is 1.30 bits per heavy atom. The van der Waals surface area contributed by atoms with E-state index < -0.39 is 12.7 Å². The third kappa shape index (κ3) is 4.38. The summed E-state index contributed by atoms with van der Waals surface area (Å²) in [7, 11) is 0. The van der Waals surface area contributed by atoms with Crippen LogP contribution < -0.4 is 5.32 Å². The van der Waals surface area contributed by atoms with Crippen molar-refractivity contribution in [2.24, 2.45) is 5.92 Å². The first-order chi connectivity index (χ1) is 9.33. The average molecular weight is 307 g/mol. The van der Waals surface area contributed by atoms with E-state index in [4.69, 9.17) is 11.6 Å². The monoisotopic (exact) mass is 306 g/mol. The van der Waals surface area contributed by atoms with E-state index in [0.29, 0.717) is 30.2 Å². The number of hydrogen-bond acceptors (Lipinski definition) is 2. The molecule has 0 aromatic heterocycles. The van der Waals surface area contributed by atoms with E-state index >= 15 is 0 Å². The molecule has 0 spiro atoms. The Labute approximate surface area is 119 Å². The van der Waals surface area contributed by atoms with Gasteiger partial charge in [0, 0.05) is 36.1 Å².